The van der Waals surface area contributed by atoms with Crippen molar-refractivity contribution >= 4 is 49.3 Å². The number of amides is 1. The summed E-state index contributed by atoms with van der Waals surface area (Å²) in [6.07, 6.45) is -3.15. The van der Waals surface area contributed by atoms with Crippen molar-refractivity contribution in [1.82, 2.24) is 19.9 Å². The van der Waals surface area contributed by atoms with Crippen molar-refractivity contribution in [2.24, 2.45) is 0 Å². The first-order valence-corrected chi connectivity index (χ1v) is 13.4. The number of piperazine rings is 1. The Kier molecular flexibility index (Phi) is 6.20. The summed E-state index contributed by atoms with van der Waals surface area (Å²) in [5, 5.41) is -0.224. The van der Waals surface area contributed by atoms with Gasteiger partial charge in [-0.15, -0.1) is 0 Å². The molecule has 0 spiro atoms. The molecule has 4 heterocycles. The number of hydrogen-bond donors (Lipinski definition) is 1. The Morgan fingerprint density at radius 1 is 1.12 bits per heavy atom. The Morgan fingerprint density at radius 2 is 1.82 bits per heavy atom. The summed E-state index contributed by atoms with van der Waals surface area (Å²) in [6.45, 7) is 2.42. The van der Waals surface area contributed by atoms with Crippen LogP contribution in [0.5, 0.6) is 6.01 Å². The molecule has 2 fully saturated rings. The van der Waals surface area contributed by atoms with Crippen molar-refractivity contribution < 1.29 is 31.5 Å². The molecule has 2 saturated heterocycles. The highest BCUT2D eigenvalue weighted by Crippen LogP contribution is 2.46. The van der Waals surface area contributed by atoms with Crippen LogP contribution in [0.1, 0.15) is 31.7 Å². The predicted octanol–water partition coefficient (Wildman–Crippen LogP) is 5.38. The number of rotatable bonds is 4. The maximum absolute atomic E-state index is 16.4. The van der Waals surface area contributed by atoms with Crippen LogP contribution in [0.2, 0.25) is 0 Å². The lowest BCUT2D eigenvalue weighted by atomic mass is 9.95. The average molecular weight is 579 g/mol. The van der Waals surface area contributed by atoms with Gasteiger partial charge in [-0.1, -0.05) is 18.3 Å². The van der Waals surface area contributed by atoms with E-state index >= 15 is 4.39 Å². The van der Waals surface area contributed by atoms with Gasteiger partial charge in [0.05, 0.1) is 22.9 Å². The quantitative estimate of drug-likeness (QED) is 0.325. The normalized spacial score (nSPS) is 19.2. The molecule has 14 heteroatoms. The molecule has 2 aromatic heterocycles. The fourth-order valence-electron chi connectivity index (χ4n) is 5.87. The van der Waals surface area contributed by atoms with Crippen LogP contribution in [0.25, 0.3) is 32.2 Å². The minimum absolute atomic E-state index is 0.0145. The number of methoxy groups -OCH3 is 1. The highest BCUT2D eigenvalue weighted by molar-refractivity contribution is 7.22. The summed E-state index contributed by atoms with van der Waals surface area (Å²) >= 11 is 0.755. The third-order valence-corrected chi connectivity index (χ3v) is 8.42. The minimum Gasteiger partial charge on any atom is -0.467 e. The van der Waals surface area contributed by atoms with Gasteiger partial charge in [0.25, 0.3) is 0 Å². The second-order valence-electron chi connectivity index (χ2n) is 9.81. The van der Waals surface area contributed by atoms with Crippen molar-refractivity contribution in [2.75, 3.05) is 30.8 Å². The third kappa shape index (κ3) is 4.07. The number of ether oxygens (including phenoxy) is 1. The van der Waals surface area contributed by atoms with E-state index in [0.29, 0.717) is 19.5 Å². The number of benzene rings is 2. The van der Waals surface area contributed by atoms with Crippen molar-refractivity contribution in [3.8, 4) is 17.1 Å². The number of fused-ring (bicyclic) bond motifs is 4. The van der Waals surface area contributed by atoms with E-state index in [9.17, 15) is 22.4 Å². The number of halogens is 5. The van der Waals surface area contributed by atoms with Crippen molar-refractivity contribution in [3.05, 3.63) is 35.4 Å². The Hall–Kier alpha value is -3.81. The number of hydrogen-bond acceptors (Lipinski definition) is 8. The standard InChI is InChI=1S/C26H23F5N6O2S/c1-3-17(38)37-11-4-5-12(37)10-36(9-11)23-14-8-15(26(29,30)31)18(19(28)20(14)34-25(35-23)39-2)13-6-7-16(27)22-21(13)33-24(32)40-22/h6-8,11-12H,3-5,9-10H2,1-2H3,(H2,32,33). The monoisotopic (exact) mass is 578 g/mol. The third-order valence-electron chi connectivity index (χ3n) is 7.53. The smallest absolute Gasteiger partial charge is 0.417 e. The average Bonchev–Trinajstić information content (AvgIpc) is 3.44. The van der Waals surface area contributed by atoms with Gasteiger partial charge in [0.2, 0.25) is 5.91 Å². The van der Waals surface area contributed by atoms with Crippen LogP contribution < -0.4 is 15.4 Å². The highest BCUT2D eigenvalue weighted by atomic mass is 32.1. The predicted molar refractivity (Wildman–Crippen MR) is 140 cm³/mol. The number of alkyl halides is 3. The van der Waals surface area contributed by atoms with Gasteiger partial charge in [-0.2, -0.15) is 23.1 Å². The lowest BCUT2D eigenvalue weighted by Gasteiger charge is -2.42. The Balaban J connectivity index is 1.59. The number of thiazole rings is 1. The van der Waals surface area contributed by atoms with E-state index in [2.05, 4.69) is 15.0 Å². The zero-order valence-corrected chi connectivity index (χ0v) is 22.2. The van der Waals surface area contributed by atoms with Crippen LogP contribution in [0.4, 0.5) is 32.9 Å². The molecule has 4 aromatic rings. The van der Waals surface area contributed by atoms with Crippen molar-refractivity contribution in [1.29, 1.82) is 0 Å². The molecule has 2 aliphatic rings. The van der Waals surface area contributed by atoms with Crippen LogP contribution in [-0.2, 0) is 11.0 Å². The largest absolute Gasteiger partial charge is 0.467 e. The number of aromatic nitrogens is 3. The van der Waals surface area contributed by atoms with E-state index in [4.69, 9.17) is 10.5 Å². The number of carbonyl (C=O) groups is 1. The molecule has 1 amide bonds. The van der Waals surface area contributed by atoms with Gasteiger partial charge in [0.15, 0.2) is 10.9 Å². The summed E-state index contributed by atoms with van der Waals surface area (Å²) in [7, 11) is 1.27. The van der Waals surface area contributed by atoms with E-state index in [-0.39, 0.29) is 61.6 Å². The summed E-state index contributed by atoms with van der Waals surface area (Å²) < 4.78 is 79.6. The van der Waals surface area contributed by atoms with Crippen LogP contribution in [0.15, 0.2) is 18.2 Å². The fourth-order valence-corrected chi connectivity index (χ4v) is 6.63. The van der Waals surface area contributed by atoms with E-state index in [1.807, 2.05) is 4.90 Å². The van der Waals surface area contributed by atoms with E-state index < -0.39 is 28.9 Å². The Morgan fingerprint density at radius 3 is 2.45 bits per heavy atom. The van der Waals surface area contributed by atoms with Gasteiger partial charge in [0.1, 0.15) is 17.2 Å². The van der Waals surface area contributed by atoms with E-state index in [1.165, 1.54) is 7.11 Å². The Bertz CT molecular complexity index is 1660. The van der Waals surface area contributed by atoms with Crippen LogP contribution in [0.3, 0.4) is 0 Å². The van der Waals surface area contributed by atoms with Gasteiger partial charge >= 0.3 is 12.2 Å². The fraction of sp³-hybridized carbons (Fsp3) is 0.385. The summed E-state index contributed by atoms with van der Waals surface area (Å²) in [6, 6.07) is 2.31. The molecule has 40 heavy (non-hydrogen) atoms. The summed E-state index contributed by atoms with van der Waals surface area (Å²) in [5.74, 6) is -1.90. The number of nitrogen functional groups attached to an aromatic ring is 1. The van der Waals surface area contributed by atoms with Crippen molar-refractivity contribution in [2.45, 2.75) is 44.4 Å². The maximum Gasteiger partial charge on any atom is 0.417 e. The highest BCUT2D eigenvalue weighted by Gasteiger charge is 2.43. The molecule has 0 radical (unpaired) electrons. The first kappa shape index (κ1) is 26.4. The van der Waals surface area contributed by atoms with Gasteiger partial charge in [-0.25, -0.2) is 13.8 Å². The topological polar surface area (TPSA) is 97.5 Å². The molecule has 8 nitrogen and oxygen atoms in total. The molecule has 210 valence electrons. The zero-order valence-electron chi connectivity index (χ0n) is 21.4. The van der Waals surface area contributed by atoms with Gasteiger partial charge in [0, 0.05) is 48.1 Å². The number of nitrogens with zero attached hydrogens (tertiary/aromatic N) is 5. The second-order valence-corrected chi connectivity index (χ2v) is 10.8. The van der Waals surface area contributed by atoms with Crippen LogP contribution in [0, 0.1) is 11.6 Å². The zero-order chi connectivity index (χ0) is 28.5. The molecule has 2 unspecified atom stereocenters. The molecule has 2 aromatic carbocycles. The first-order valence-electron chi connectivity index (χ1n) is 12.6. The van der Waals surface area contributed by atoms with E-state index in [1.54, 1.807) is 11.8 Å². The summed E-state index contributed by atoms with van der Waals surface area (Å²) in [4.78, 5) is 28.6. The molecule has 2 aliphatic heterocycles. The second kappa shape index (κ2) is 9.39. The van der Waals surface area contributed by atoms with Gasteiger partial charge in [-0.3, -0.25) is 4.79 Å². The SMILES string of the molecule is CCC(=O)N1C2CCC1CN(c1nc(OC)nc3c(F)c(-c4ccc(F)c5sc(N)nc45)c(C(F)(F)F)cc13)C2. The molecule has 2 atom stereocenters. The first-order chi connectivity index (χ1) is 19.0. The maximum atomic E-state index is 16.4. The minimum atomic E-state index is -4.99. The lowest BCUT2D eigenvalue weighted by molar-refractivity contribution is -0.137. The molecule has 6 rings (SSSR count). The molecule has 2 N–H and O–H groups in total. The molecule has 0 saturated carbocycles. The van der Waals surface area contributed by atoms with Crippen LogP contribution in [-0.4, -0.2) is 58.0 Å². The molecular formula is C26H23F5N6O2S. The van der Waals surface area contributed by atoms with Gasteiger partial charge in [-0.05, 0) is 31.0 Å². The molecular weight excluding hydrogens is 555 g/mol. The lowest BCUT2D eigenvalue weighted by Crippen LogP contribution is -2.56. The molecule has 2 bridgehead atoms. The van der Waals surface area contributed by atoms with E-state index in [0.717, 1.165) is 42.4 Å². The van der Waals surface area contributed by atoms with Crippen molar-refractivity contribution in [3.63, 3.8) is 0 Å². The molecule has 0 aliphatic carbocycles. The van der Waals surface area contributed by atoms with Gasteiger partial charge < -0.3 is 20.3 Å². The number of nitrogens with two attached hydrogens (primary N) is 1. The number of anilines is 2. The number of carbonyl (C=O) groups excluding carboxylic acids is 1. The summed E-state index contributed by atoms with van der Waals surface area (Å²) in [5.41, 5.74) is 2.79. The van der Waals surface area contributed by atoms with Crippen LogP contribution >= 0.6 is 11.3 Å². The Labute approximate surface area is 228 Å².